The zero-order chi connectivity index (χ0) is 19.6. The van der Waals surface area contributed by atoms with Crippen LogP contribution in [0.25, 0.3) is 0 Å². The molecule has 7 nitrogen and oxygen atoms in total. The molecule has 0 aliphatic rings. The number of nitrogens with zero attached hydrogens (tertiary/aromatic N) is 4. The number of aliphatic imine (C=N–C) groups is 1. The molecule has 0 unspecified atom stereocenters. The summed E-state index contributed by atoms with van der Waals surface area (Å²) < 4.78 is 20.6. The molecule has 0 fully saturated rings. The maximum Gasteiger partial charge on any atom is 0.219 e. The lowest BCUT2D eigenvalue weighted by Gasteiger charge is -2.12. The second kappa shape index (κ2) is 12.0. The second-order valence-corrected chi connectivity index (χ2v) is 6.04. The highest BCUT2D eigenvalue weighted by Crippen LogP contribution is 2.19. The minimum absolute atomic E-state index is 0. The molecular formula is C20H24FIN6O. The van der Waals surface area contributed by atoms with Gasteiger partial charge in [0.1, 0.15) is 11.6 Å². The summed E-state index contributed by atoms with van der Waals surface area (Å²) in [5.41, 5.74) is 0.978. The van der Waals surface area contributed by atoms with Gasteiger partial charge >= 0.3 is 0 Å². The molecule has 3 aromatic rings. The first kappa shape index (κ1) is 22.6. The minimum atomic E-state index is -0.346. The summed E-state index contributed by atoms with van der Waals surface area (Å²) >= 11 is 0. The Morgan fingerprint density at radius 1 is 1.21 bits per heavy atom. The van der Waals surface area contributed by atoms with Crippen LogP contribution in [0.4, 0.5) is 4.39 Å². The monoisotopic (exact) mass is 510 g/mol. The van der Waals surface area contributed by atoms with E-state index in [1.165, 1.54) is 12.1 Å². The van der Waals surface area contributed by atoms with Gasteiger partial charge in [-0.2, -0.15) is 5.10 Å². The fourth-order valence-electron chi connectivity index (χ4n) is 2.51. The molecule has 0 atom stereocenters. The Morgan fingerprint density at radius 2 is 2.10 bits per heavy atom. The molecule has 0 spiro atoms. The lowest BCUT2D eigenvalue weighted by atomic mass is 10.3. The van der Waals surface area contributed by atoms with Crippen LogP contribution in [0.3, 0.4) is 0 Å². The summed E-state index contributed by atoms with van der Waals surface area (Å²) in [6, 6.07) is 11.5. The van der Waals surface area contributed by atoms with Crippen molar-refractivity contribution in [1.29, 1.82) is 0 Å². The number of halogens is 2. The van der Waals surface area contributed by atoms with Crippen molar-refractivity contribution in [2.45, 2.75) is 19.5 Å². The van der Waals surface area contributed by atoms with Crippen LogP contribution in [0.1, 0.15) is 12.0 Å². The molecule has 2 aromatic heterocycles. The maximum atomic E-state index is 13.2. The summed E-state index contributed by atoms with van der Waals surface area (Å²) in [6.07, 6.45) is 6.38. The molecule has 0 amide bonds. The highest BCUT2D eigenvalue weighted by atomic mass is 127. The molecule has 2 heterocycles. The SMILES string of the molecule is CN=C(NCCCn1cccn1)NCc1ccc(Oc2cccc(F)c2)nc1.I. The molecular weight excluding hydrogens is 486 g/mol. The normalized spacial score (nSPS) is 10.9. The Morgan fingerprint density at radius 3 is 2.79 bits per heavy atom. The average molecular weight is 510 g/mol. The number of rotatable bonds is 8. The van der Waals surface area contributed by atoms with Gasteiger partial charge in [-0.25, -0.2) is 9.37 Å². The molecule has 0 bridgehead atoms. The minimum Gasteiger partial charge on any atom is -0.439 e. The van der Waals surface area contributed by atoms with Gasteiger partial charge in [0.25, 0.3) is 0 Å². The molecule has 0 aliphatic heterocycles. The van der Waals surface area contributed by atoms with E-state index in [-0.39, 0.29) is 29.8 Å². The van der Waals surface area contributed by atoms with Crippen LogP contribution in [0.2, 0.25) is 0 Å². The Balaban J connectivity index is 0.00000300. The first-order valence-corrected chi connectivity index (χ1v) is 9.03. The van der Waals surface area contributed by atoms with Gasteiger partial charge in [-0.1, -0.05) is 12.1 Å². The summed E-state index contributed by atoms with van der Waals surface area (Å²) in [5.74, 6) is 1.20. The van der Waals surface area contributed by atoms with Crippen LogP contribution in [0, 0.1) is 5.82 Å². The fraction of sp³-hybridized carbons (Fsp3) is 0.250. The molecule has 0 radical (unpaired) electrons. The quantitative estimate of drug-likeness (QED) is 0.210. The molecule has 0 saturated carbocycles. The number of pyridine rings is 1. The predicted molar refractivity (Wildman–Crippen MR) is 121 cm³/mol. The number of hydrogen-bond acceptors (Lipinski definition) is 4. The highest BCUT2D eigenvalue weighted by molar-refractivity contribution is 14.0. The van der Waals surface area contributed by atoms with Gasteiger partial charge in [0.15, 0.2) is 5.96 Å². The highest BCUT2D eigenvalue weighted by Gasteiger charge is 2.02. The van der Waals surface area contributed by atoms with Gasteiger partial charge in [-0.05, 0) is 30.2 Å². The van der Waals surface area contributed by atoms with Gasteiger partial charge in [0, 0.05) is 57.4 Å². The van der Waals surface area contributed by atoms with Crippen LogP contribution in [-0.4, -0.2) is 34.3 Å². The molecule has 29 heavy (non-hydrogen) atoms. The lowest BCUT2D eigenvalue weighted by Crippen LogP contribution is -2.37. The molecule has 1 aromatic carbocycles. The van der Waals surface area contributed by atoms with E-state index in [1.54, 1.807) is 37.6 Å². The third-order valence-electron chi connectivity index (χ3n) is 3.92. The lowest BCUT2D eigenvalue weighted by molar-refractivity contribution is 0.457. The summed E-state index contributed by atoms with van der Waals surface area (Å²) in [5, 5.41) is 10.7. The third-order valence-corrected chi connectivity index (χ3v) is 3.92. The molecule has 3 rings (SSSR count). The van der Waals surface area contributed by atoms with Gasteiger partial charge < -0.3 is 15.4 Å². The van der Waals surface area contributed by atoms with E-state index >= 15 is 0 Å². The average Bonchev–Trinajstić information content (AvgIpc) is 3.22. The topological polar surface area (TPSA) is 76.4 Å². The van der Waals surface area contributed by atoms with E-state index in [4.69, 9.17) is 4.74 Å². The number of nitrogens with one attached hydrogen (secondary N) is 2. The Hall–Kier alpha value is -2.69. The van der Waals surface area contributed by atoms with Crippen molar-refractivity contribution in [3.8, 4) is 11.6 Å². The van der Waals surface area contributed by atoms with Gasteiger partial charge in [-0.15, -0.1) is 24.0 Å². The Bertz CT molecular complexity index is 886. The number of hydrogen-bond donors (Lipinski definition) is 2. The number of ether oxygens (including phenoxy) is 1. The van der Waals surface area contributed by atoms with E-state index < -0.39 is 0 Å². The molecule has 0 aliphatic carbocycles. The summed E-state index contributed by atoms with van der Waals surface area (Å²) in [6.45, 7) is 2.22. The van der Waals surface area contributed by atoms with Crippen molar-refractivity contribution in [2.24, 2.45) is 4.99 Å². The van der Waals surface area contributed by atoms with Gasteiger partial charge in [0.05, 0.1) is 0 Å². The maximum absolute atomic E-state index is 13.2. The molecule has 0 saturated heterocycles. The van der Waals surface area contributed by atoms with Crippen LogP contribution in [-0.2, 0) is 13.1 Å². The smallest absolute Gasteiger partial charge is 0.219 e. The molecule has 9 heteroatoms. The van der Waals surface area contributed by atoms with E-state index in [1.807, 2.05) is 23.0 Å². The number of aromatic nitrogens is 3. The van der Waals surface area contributed by atoms with E-state index in [2.05, 4.69) is 25.7 Å². The predicted octanol–water partition coefficient (Wildman–Crippen LogP) is 3.58. The van der Waals surface area contributed by atoms with Crippen LogP contribution in [0.15, 0.2) is 66.0 Å². The largest absolute Gasteiger partial charge is 0.439 e. The van der Waals surface area contributed by atoms with Crippen molar-refractivity contribution >= 4 is 29.9 Å². The van der Waals surface area contributed by atoms with Crippen molar-refractivity contribution in [2.75, 3.05) is 13.6 Å². The molecule has 154 valence electrons. The first-order valence-electron chi connectivity index (χ1n) is 9.03. The number of guanidine groups is 1. The molecule has 2 N–H and O–H groups in total. The van der Waals surface area contributed by atoms with Crippen LogP contribution < -0.4 is 15.4 Å². The Labute approximate surface area is 186 Å². The standard InChI is InChI=1S/C20H23FN6O.HI/c1-22-20(23-9-3-11-27-12-4-10-26-27)25-15-16-7-8-19(24-14-16)28-18-6-2-5-17(21)13-18;/h2,4-8,10,12-14H,3,9,11,15H2,1H3,(H2,22,23,25);1H. The zero-order valence-electron chi connectivity index (χ0n) is 16.1. The first-order chi connectivity index (χ1) is 13.7. The third kappa shape index (κ3) is 7.68. The number of benzene rings is 1. The van der Waals surface area contributed by atoms with Gasteiger partial charge in [-0.3, -0.25) is 9.67 Å². The van der Waals surface area contributed by atoms with Crippen molar-refractivity contribution < 1.29 is 9.13 Å². The Kier molecular flexibility index (Phi) is 9.35. The fourth-order valence-corrected chi connectivity index (χ4v) is 2.51. The van der Waals surface area contributed by atoms with E-state index in [9.17, 15) is 4.39 Å². The number of aryl methyl sites for hydroxylation is 1. The van der Waals surface area contributed by atoms with E-state index in [0.29, 0.717) is 18.2 Å². The van der Waals surface area contributed by atoms with Crippen LogP contribution >= 0.6 is 24.0 Å². The summed E-state index contributed by atoms with van der Waals surface area (Å²) in [4.78, 5) is 8.47. The van der Waals surface area contributed by atoms with Crippen molar-refractivity contribution in [3.05, 3.63) is 72.4 Å². The van der Waals surface area contributed by atoms with Crippen LogP contribution in [0.5, 0.6) is 11.6 Å². The second-order valence-electron chi connectivity index (χ2n) is 6.04. The van der Waals surface area contributed by atoms with E-state index in [0.717, 1.165) is 31.0 Å². The van der Waals surface area contributed by atoms with Crippen molar-refractivity contribution in [1.82, 2.24) is 25.4 Å². The zero-order valence-corrected chi connectivity index (χ0v) is 18.4. The van der Waals surface area contributed by atoms with Gasteiger partial charge in [0.2, 0.25) is 5.88 Å². The summed E-state index contributed by atoms with van der Waals surface area (Å²) in [7, 11) is 1.73. The van der Waals surface area contributed by atoms with Crippen molar-refractivity contribution in [3.63, 3.8) is 0 Å².